The van der Waals surface area contributed by atoms with E-state index in [0.717, 1.165) is 25.7 Å². The molecular weight excluding hydrogens is 268 g/mol. The summed E-state index contributed by atoms with van der Waals surface area (Å²) in [7, 11) is 0. The SMILES string of the molecule is CCC(CC)(NC(=O)C1Cc2ccccc2C1)C(N)=S. The number of carbonyl (C=O) groups excluding carboxylic acids is 1. The molecule has 1 aromatic carbocycles. The molecule has 0 saturated heterocycles. The van der Waals surface area contributed by atoms with Crippen LogP contribution in [0, 0.1) is 5.92 Å². The summed E-state index contributed by atoms with van der Waals surface area (Å²) in [5.41, 5.74) is 7.86. The van der Waals surface area contributed by atoms with E-state index in [2.05, 4.69) is 17.4 Å². The lowest BCUT2D eigenvalue weighted by atomic mass is 9.91. The van der Waals surface area contributed by atoms with Gasteiger partial charge in [0.1, 0.15) is 0 Å². The summed E-state index contributed by atoms with van der Waals surface area (Å²) < 4.78 is 0. The van der Waals surface area contributed by atoms with Gasteiger partial charge in [0, 0.05) is 5.92 Å². The van der Waals surface area contributed by atoms with Gasteiger partial charge < -0.3 is 11.1 Å². The number of thiocarbonyl (C=S) groups is 1. The van der Waals surface area contributed by atoms with Gasteiger partial charge in [-0.05, 0) is 36.8 Å². The Bertz CT molecular complexity index is 498. The first-order valence-electron chi connectivity index (χ1n) is 7.21. The molecule has 0 atom stereocenters. The summed E-state index contributed by atoms with van der Waals surface area (Å²) in [5.74, 6) is 0.0666. The van der Waals surface area contributed by atoms with E-state index in [-0.39, 0.29) is 11.8 Å². The minimum Gasteiger partial charge on any atom is -0.391 e. The van der Waals surface area contributed by atoms with Crippen molar-refractivity contribution >= 4 is 23.1 Å². The largest absolute Gasteiger partial charge is 0.391 e. The van der Waals surface area contributed by atoms with Crippen LogP contribution in [0.1, 0.15) is 37.8 Å². The van der Waals surface area contributed by atoms with E-state index in [0.29, 0.717) is 4.99 Å². The highest BCUT2D eigenvalue weighted by Gasteiger charge is 2.35. The number of benzene rings is 1. The molecule has 0 aromatic heterocycles. The Morgan fingerprint density at radius 1 is 1.30 bits per heavy atom. The Morgan fingerprint density at radius 3 is 2.20 bits per heavy atom. The molecule has 4 heteroatoms. The van der Waals surface area contributed by atoms with Crippen LogP contribution in [0.3, 0.4) is 0 Å². The van der Waals surface area contributed by atoms with E-state index >= 15 is 0 Å². The fourth-order valence-electron chi connectivity index (χ4n) is 2.92. The molecular formula is C16H22N2OS. The lowest BCUT2D eigenvalue weighted by molar-refractivity contribution is -0.126. The molecule has 3 nitrogen and oxygen atoms in total. The molecule has 1 amide bonds. The van der Waals surface area contributed by atoms with Crippen LogP contribution < -0.4 is 11.1 Å². The van der Waals surface area contributed by atoms with Crippen molar-refractivity contribution in [2.24, 2.45) is 11.7 Å². The first-order chi connectivity index (χ1) is 9.52. The van der Waals surface area contributed by atoms with Gasteiger partial charge in [0.2, 0.25) is 5.91 Å². The smallest absolute Gasteiger partial charge is 0.224 e. The Balaban J connectivity index is 2.09. The zero-order valence-electron chi connectivity index (χ0n) is 12.1. The molecule has 1 aliphatic carbocycles. The predicted molar refractivity (Wildman–Crippen MR) is 85.6 cm³/mol. The van der Waals surface area contributed by atoms with Gasteiger partial charge in [-0.3, -0.25) is 4.79 Å². The van der Waals surface area contributed by atoms with Gasteiger partial charge in [-0.15, -0.1) is 0 Å². The van der Waals surface area contributed by atoms with Crippen LogP contribution in [-0.4, -0.2) is 16.4 Å². The van der Waals surface area contributed by atoms with Gasteiger partial charge in [0.15, 0.2) is 0 Å². The summed E-state index contributed by atoms with van der Waals surface area (Å²) in [6.45, 7) is 4.01. The van der Waals surface area contributed by atoms with Gasteiger partial charge in [-0.2, -0.15) is 0 Å². The highest BCUT2D eigenvalue weighted by Crippen LogP contribution is 2.27. The predicted octanol–water partition coefficient (Wildman–Crippen LogP) is 2.36. The molecule has 0 bridgehead atoms. The molecule has 1 aliphatic rings. The van der Waals surface area contributed by atoms with Crippen molar-refractivity contribution in [2.75, 3.05) is 0 Å². The molecule has 0 spiro atoms. The van der Waals surface area contributed by atoms with Crippen molar-refractivity contribution in [2.45, 2.75) is 45.1 Å². The van der Waals surface area contributed by atoms with Crippen LogP contribution in [0.25, 0.3) is 0 Å². The zero-order chi connectivity index (χ0) is 14.8. The van der Waals surface area contributed by atoms with Crippen molar-refractivity contribution in [1.29, 1.82) is 0 Å². The quantitative estimate of drug-likeness (QED) is 0.819. The van der Waals surface area contributed by atoms with E-state index < -0.39 is 5.54 Å². The van der Waals surface area contributed by atoms with Crippen LogP contribution in [-0.2, 0) is 17.6 Å². The molecule has 0 aliphatic heterocycles. The lowest BCUT2D eigenvalue weighted by Gasteiger charge is -2.32. The monoisotopic (exact) mass is 290 g/mol. The number of amides is 1. The normalized spacial score (nSPS) is 14.9. The fraction of sp³-hybridized carbons (Fsp3) is 0.500. The third-order valence-electron chi connectivity index (χ3n) is 4.46. The van der Waals surface area contributed by atoms with Gasteiger partial charge in [0.05, 0.1) is 10.5 Å². The molecule has 3 N–H and O–H groups in total. The number of nitrogens with two attached hydrogens (primary N) is 1. The summed E-state index contributed by atoms with van der Waals surface area (Å²) in [5, 5.41) is 3.10. The third kappa shape index (κ3) is 2.70. The fourth-order valence-corrected chi connectivity index (χ4v) is 3.26. The second-order valence-electron chi connectivity index (χ2n) is 5.52. The maximum Gasteiger partial charge on any atom is 0.224 e. The summed E-state index contributed by atoms with van der Waals surface area (Å²) in [4.78, 5) is 12.9. The van der Waals surface area contributed by atoms with Crippen molar-refractivity contribution < 1.29 is 4.79 Å². The van der Waals surface area contributed by atoms with Gasteiger partial charge in [-0.25, -0.2) is 0 Å². The van der Waals surface area contributed by atoms with Crippen LogP contribution in [0.4, 0.5) is 0 Å². The standard InChI is InChI=1S/C16H22N2OS/c1-3-16(4-2,15(17)20)18-14(19)13-9-11-7-5-6-8-12(11)10-13/h5-8,13H,3-4,9-10H2,1-2H3,(H2,17,20)(H,18,19). The Hall–Kier alpha value is -1.42. The summed E-state index contributed by atoms with van der Waals surface area (Å²) >= 11 is 5.15. The number of carbonyl (C=O) groups is 1. The average Bonchev–Trinajstić information content (AvgIpc) is 2.88. The minimum absolute atomic E-state index is 0.000718. The van der Waals surface area contributed by atoms with Crippen molar-refractivity contribution in [3.8, 4) is 0 Å². The van der Waals surface area contributed by atoms with Gasteiger partial charge in [0.25, 0.3) is 0 Å². The summed E-state index contributed by atoms with van der Waals surface area (Å²) in [6, 6.07) is 8.25. The Labute approximate surface area is 125 Å². The van der Waals surface area contributed by atoms with Gasteiger partial charge >= 0.3 is 0 Å². The van der Waals surface area contributed by atoms with E-state index in [4.69, 9.17) is 18.0 Å². The van der Waals surface area contributed by atoms with Crippen molar-refractivity contribution in [3.05, 3.63) is 35.4 Å². The highest BCUT2D eigenvalue weighted by atomic mass is 32.1. The topological polar surface area (TPSA) is 55.1 Å². The second kappa shape index (κ2) is 5.92. The minimum atomic E-state index is -0.540. The van der Waals surface area contributed by atoms with Crippen LogP contribution in [0.5, 0.6) is 0 Å². The van der Waals surface area contributed by atoms with Crippen molar-refractivity contribution in [1.82, 2.24) is 5.32 Å². The molecule has 0 unspecified atom stereocenters. The molecule has 2 rings (SSSR count). The third-order valence-corrected chi connectivity index (χ3v) is 4.85. The number of nitrogens with one attached hydrogen (secondary N) is 1. The molecule has 0 radical (unpaired) electrons. The molecule has 0 saturated carbocycles. The van der Waals surface area contributed by atoms with Crippen LogP contribution in [0.15, 0.2) is 24.3 Å². The number of hydrogen-bond donors (Lipinski definition) is 2. The Kier molecular flexibility index (Phi) is 4.43. The van der Waals surface area contributed by atoms with E-state index in [9.17, 15) is 4.79 Å². The van der Waals surface area contributed by atoms with Gasteiger partial charge in [-0.1, -0.05) is 50.3 Å². The van der Waals surface area contributed by atoms with Crippen LogP contribution >= 0.6 is 12.2 Å². The van der Waals surface area contributed by atoms with E-state index in [1.54, 1.807) is 0 Å². The molecule has 20 heavy (non-hydrogen) atoms. The first kappa shape index (κ1) is 15.0. The average molecular weight is 290 g/mol. The molecule has 0 fully saturated rings. The maximum absolute atomic E-state index is 12.5. The molecule has 1 aromatic rings. The van der Waals surface area contributed by atoms with E-state index in [1.165, 1.54) is 11.1 Å². The molecule has 108 valence electrons. The lowest BCUT2D eigenvalue weighted by Crippen LogP contribution is -2.57. The second-order valence-corrected chi connectivity index (χ2v) is 5.96. The highest BCUT2D eigenvalue weighted by molar-refractivity contribution is 7.80. The summed E-state index contributed by atoms with van der Waals surface area (Å²) in [6.07, 6.45) is 3.07. The molecule has 0 heterocycles. The van der Waals surface area contributed by atoms with Crippen molar-refractivity contribution in [3.63, 3.8) is 0 Å². The number of fused-ring (bicyclic) bond motifs is 1. The first-order valence-corrected chi connectivity index (χ1v) is 7.62. The number of hydrogen-bond acceptors (Lipinski definition) is 2. The van der Waals surface area contributed by atoms with E-state index in [1.807, 2.05) is 26.0 Å². The maximum atomic E-state index is 12.5. The zero-order valence-corrected chi connectivity index (χ0v) is 12.9. The number of rotatable bonds is 5. The van der Waals surface area contributed by atoms with Crippen LogP contribution in [0.2, 0.25) is 0 Å². The Morgan fingerprint density at radius 2 is 1.80 bits per heavy atom.